The molecule has 0 spiro atoms. The Labute approximate surface area is 140 Å². The van der Waals surface area contributed by atoms with E-state index >= 15 is 0 Å². The van der Waals surface area contributed by atoms with Gasteiger partial charge < -0.3 is 15.5 Å². The average molecular weight is 341 g/mol. The standard InChI is InChI=1S/C15H20N4OS.ClH/c1-11(16)10-14(20)18-6-8-19(9-7-18)15-17-12-4-2-3-5-13(12)21-15;/h2-5,11H,6-10,16H2,1H3;1H. The van der Waals surface area contributed by atoms with Crippen LogP contribution in [0, 0.1) is 0 Å². The number of aromatic nitrogens is 1. The van der Waals surface area contributed by atoms with Gasteiger partial charge in [-0.15, -0.1) is 12.4 Å². The highest BCUT2D eigenvalue weighted by atomic mass is 35.5. The molecule has 1 fully saturated rings. The summed E-state index contributed by atoms with van der Waals surface area (Å²) in [6, 6.07) is 8.11. The van der Waals surface area contributed by atoms with E-state index in [4.69, 9.17) is 5.73 Å². The van der Waals surface area contributed by atoms with Crippen molar-refractivity contribution in [2.45, 2.75) is 19.4 Å². The van der Waals surface area contributed by atoms with E-state index < -0.39 is 0 Å². The smallest absolute Gasteiger partial charge is 0.224 e. The van der Waals surface area contributed by atoms with E-state index in [1.807, 2.05) is 30.0 Å². The lowest BCUT2D eigenvalue weighted by atomic mass is 10.2. The first kappa shape index (κ1) is 17.0. The van der Waals surface area contributed by atoms with Crippen molar-refractivity contribution >= 4 is 45.0 Å². The molecule has 1 atom stereocenters. The largest absolute Gasteiger partial charge is 0.345 e. The zero-order valence-corrected chi connectivity index (χ0v) is 14.2. The number of halogens is 1. The highest BCUT2D eigenvalue weighted by Gasteiger charge is 2.23. The number of hydrogen-bond donors (Lipinski definition) is 1. The van der Waals surface area contributed by atoms with E-state index in [9.17, 15) is 4.79 Å². The maximum Gasteiger partial charge on any atom is 0.224 e. The number of hydrogen-bond acceptors (Lipinski definition) is 5. The van der Waals surface area contributed by atoms with Gasteiger partial charge in [0, 0.05) is 38.6 Å². The topological polar surface area (TPSA) is 62.5 Å². The van der Waals surface area contributed by atoms with Gasteiger partial charge in [0.15, 0.2) is 5.13 Å². The molecule has 0 saturated carbocycles. The van der Waals surface area contributed by atoms with Crippen molar-refractivity contribution in [3.63, 3.8) is 0 Å². The van der Waals surface area contributed by atoms with E-state index in [1.54, 1.807) is 11.3 Å². The van der Waals surface area contributed by atoms with Gasteiger partial charge in [-0.2, -0.15) is 0 Å². The minimum atomic E-state index is -0.0696. The summed E-state index contributed by atoms with van der Waals surface area (Å²) >= 11 is 1.72. The van der Waals surface area contributed by atoms with Gasteiger partial charge in [-0.1, -0.05) is 23.5 Å². The Balaban J connectivity index is 0.00000176. The second kappa shape index (κ2) is 7.26. The molecule has 1 aromatic carbocycles. The maximum absolute atomic E-state index is 12.0. The summed E-state index contributed by atoms with van der Waals surface area (Å²) < 4.78 is 1.21. The van der Waals surface area contributed by atoms with Crippen LogP contribution in [-0.2, 0) is 4.79 Å². The Morgan fingerprint density at radius 2 is 2.00 bits per heavy atom. The predicted octanol–water partition coefficient (Wildman–Crippen LogP) is 2.10. The number of para-hydroxylation sites is 1. The third-order valence-corrected chi connectivity index (χ3v) is 4.78. The molecule has 3 rings (SSSR count). The van der Waals surface area contributed by atoms with Crippen molar-refractivity contribution < 1.29 is 4.79 Å². The quantitative estimate of drug-likeness (QED) is 0.929. The molecule has 120 valence electrons. The Hall–Kier alpha value is -1.37. The van der Waals surface area contributed by atoms with E-state index in [0.29, 0.717) is 6.42 Å². The molecule has 7 heteroatoms. The van der Waals surface area contributed by atoms with Crippen molar-refractivity contribution in [3.05, 3.63) is 24.3 Å². The van der Waals surface area contributed by atoms with Crippen molar-refractivity contribution in [2.75, 3.05) is 31.1 Å². The molecule has 0 bridgehead atoms. The molecule has 1 aliphatic heterocycles. The fourth-order valence-electron chi connectivity index (χ4n) is 2.55. The number of anilines is 1. The lowest BCUT2D eigenvalue weighted by Gasteiger charge is -2.34. The van der Waals surface area contributed by atoms with Crippen LogP contribution in [0.2, 0.25) is 0 Å². The number of carbonyl (C=O) groups excluding carboxylic acids is 1. The lowest BCUT2D eigenvalue weighted by Crippen LogP contribution is -2.49. The molecule has 1 unspecified atom stereocenters. The maximum atomic E-state index is 12.0. The van der Waals surface area contributed by atoms with E-state index in [2.05, 4.69) is 16.0 Å². The number of piperazine rings is 1. The van der Waals surface area contributed by atoms with Gasteiger partial charge in [0.05, 0.1) is 10.2 Å². The highest BCUT2D eigenvalue weighted by Crippen LogP contribution is 2.29. The molecule has 5 nitrogen and oxygen atoms in total. The Kier molecular flexibility index (Phi) is 5.61. The molecule has 22 heavy (non-hydrogen) atoms. The monoisotopic (exact) mass is 340 g/mol. The fraction of sp³-hybridized carbons (Fsp3) is 0.467. The molecular weight excluding hydrogens is 320 g/mol. The summed E-state index contributed by atoms with van der Waals surface area (Å²) in [5, 5.41) is 1.05. The molecule has 2 heterocycles. The number of rotatable bonds is 3. The number of nitrogens with two attached hydrogens (primary N) is 1. The van der Waals surface area contributed by atoms with Gasteiger partial charge >= 0.3 is 0 Å². The second-order valence-electron chi connectivity index (χ2n) is 5.51. The molecule has 1 aromatic heterocycles. The molecular formula is C15H21ClN4OS. The molecule has 1 aliphatic rings. The summed E-state index contributed by atoms with van der Waals surface area (Å²) in [5.74, 6) is 0.161. The van der Waals surface area contributed by atoms with Gasteiger partial charge in [-0.25, -0.2) is 4.98 Å². The Bertz CT molecular complexity index is 604. The first-order chi connectivity index (χ1) is 10.1. The van der Waals surface area contributed by atoms with Crippen LogP contribution in [0.25, 0.3) is 10.2 Å². The number of thiazole rings is 1. The molecule has 2 aromatic rings. The van der Waals surface area contributed by atoms with Crippen LogP contribution in [0.1, 0.15) is 13.3 Å². The van der Waals surface area contributed by atoms with Crippen LogP contribution in [0.4, 0.5) is 5.13 Å². The van der Waals surface area contributed by atoms with Gasteiger partial charge in [-0.3, -0.25) is 4.79 Å². The average Bonchev–Trinajstić information content (AvgIpc) is 2.90. The normalized spacial score (nSPS) is 16.5. The summed E-state index contributed by atoms with van der Waals surface area (Å²) in [5.41, 5.74) is 6.74. The minimum absolute atomic E-state index is 0. The molecule has 1 amide bonds. The molecule has 2 N–H and O–H groups in total. The van der Waals surface area contributed by atoms with Gasteiger partial charge in [0.1, 0.15) is 0 Å². The SMILES string of the molecule is CC(N)CC(=O)N1CCN(c2nc3ccccc3s2)CC1.Cl. The minimum Gasteiger partial charge on any atom is -0.345 e. The van der Waals surface area contributed by atoms with Crippen molar-refractivity contribution in [1.29, 1.82) is 0 Å². The van der Waals surface area contributed by atoms with E-state index in [-0.39, 0.29) is 24.4 Å². The summed E-state index contributed by atoms with van der Waals surface area (Å²) in [7, 11) is 0. The van der Waals surface area contributed by atoms with Crippen molar-refractivity contribution in [2.24, 2.45) is 5.73 Å². The zero-order valence-electron chi connectivity index (χ0n) is 12.6. The molecule has 0 radical (unpaired) electrons. The first-order valence-electron chi connectivity index (χ1n) is 7.27. The van der Waals surface area contributed by atoms with Gasteiger partial charge in [-0.05, 0) is 19.1 Å². The van der Waals surface area contributed by atoms with Crippen molar-refractivity contribution in [3.8, 4) is 0 Å². The third-order valence-electron chi connectivity index (χ3n) is 3.68. The second-order valence-corrected chi connectivity index (χ2v) is 6.52. The number of amides is 1. The summed E-state index contributed by atoms with van der Waals surface area (Å²) in [6.07, 6.45) is 0.432. The predicted molar refractivity (Wildman–Crippen MR) is 93.9 cm³/mol. The van der Waals surface area contributed by atoms with Crippen LogP contribution in [0.5, 0.6) is 0 Å². The third kappa shape index (κ3) is 3.69. The number of nitrogens with zero attached hydrogens (tertiary/aromatic N) is 3. The van der Waals surface area contributed by atoms with Crippen LogP contribution in [-0.4, -0.2) is 48.0 Å². The summed E-state index contributed by atoms with van der Waals surface area (Å²) in [6.45, 7) is 5.05. The lowest BCUT2D eigenvalue weighted by molar-refractivity contribution is -0.131. The fourth-order valence-corrected chi connectivity index (χ4v) is 3.56. The number of benzene rings is 1. The van der Waals surface area contributed by atoms with Crippen LogP contribution >= 0.6 is 23.7 Å². The van der Waals surface area contributed by atoms with E-state index in [0.717, 1.165) is 36.8 Å². The summed E-state index contributed by atoms with van der Waals surface area (Å²) in [4.78, 5) is 20.9. The van der Waals surface area contributed by atoms with Gasteiger partial charge in [0.25, 0.3) is 0 Å². The molecule has 1 saturated heterocycles. The molecule has 0 aliphatic carbocycles. The zero-order chi connectivity index (χ0) is 14.8. The Morgan fingerprint density at radius 3 is 2.64 bits per heavy atom. The first-order valence-corrected chi connectivity index (χ1v) is 8.09. The van der Waals surface area contributed by atoms with Crippen molar-refractivity contribution in [1.82, 2.24) is 9.88 Å². The number of carbonyl (C=O) groups is 1. The number of fused-ring (bicyclic) bond motifs is 1. The van der Waals surface area contributed by atoms with Crippen LogP contribution < -0.4 is 10.6 Å². The van der Waals surface area contributed by atoms with E-state index in [1.165, 1.54) is 4.70 Å². The van der Waals surface area contributed by atoms with Crippen LogP contribution in [0.3, 0.4) is 0 Å². The Morgan fingerprint density at radius 1 is 1.32 bits per heavy atom. The van der Waals surface area contributed by atoms with Crippen LogP contribution in [0.15, 0.2) is 24.3 Å². The highest BCUT2D eigenvalue weighted by molar-refractivity contribution is 7.22. The van der Waals surface area contributed by atoms with Gasteiger partial charge in [0.2, 0.25) is 5.91 Å².